The highest BCUT2D eigenvalue weighted by molar-refractivity contribution is 6.36. The van der Waals surface area contributed by atoms with Crippen LogP contribution in [0.2, 0.25) is 5.02 Å². The molecule has 3 heteroatoms. The van der Waals surface area contributed by atoms with Crippen LogP contribution >= 0.6 is 11.6 Å². The molecule has 0 aromatic heterocycles. The van der Waals surface area contributed by atoms with Crippen LogP contribution in [0.3, 0.4) is 0 Å². The van der Waals surface area contributed by atoms with Crippen LogP contribution in [0, 0.1) is 0 Å². The minimum absolute atomic E-state index is 0.612. The molecule has 0 aliphatic rings. The second kappa shape index (κ2) is 13.0. The summed E-state index contributed by atoms with van der Waals surface area (Å²) in [5, 5.41) is 8.12. The Kier molecular flexibility index (Phi) is 8.13. The Hall–Kier alpha value is -5.57. The fraction of sp³-hybridized carbons (Fsp3) is 0. The third-order valence-corrected chi connectivity index (χ3v) is 8.39. The lowest BCUT2D eigenvalue weighted by atomic mass is 9.95. The summed E-state index contributed by atoms with van der Waals surface area (Å²) < 4.78 is 0. The number of halogens is 1. The summed E-state index contributed by atoms with van der Waals surface area (Å²) in [4.78, 5) is 0. The third-order valence-electron chi connectivity index (χ3n) is 7.99. The molecule has 45 heavy (non-hydrogen) atoms. The van der Waals surface area contributed by atoms with Crippen molar-refractivity contribution in [3.8, 4) is 44.5 Å². The van der Waals surface area contributed by atoms with Crippen LogP contribution < -0.4 is 10.6 Å². The first-order valence-corrected chi connectivity index (χ1v) is 15.4. The average Bonchev–Trinajstić information content (AvgIpc) is 3.11. The third kappa shape index (κ3) is 5.97. The van der Waals surface area contributed by atoms with E-state index < -0.39 is 0 Å². The first-order valence-electron chi connectivity index (χ1n) is 15.1. The molecule has 0 unspecified atom stereocenters. The summed E-state index contributed by atoms with van der Waals surface area (Å²) >= 11 is 7.28. The molecule has 7 rings (SSSR count). The lowest BCUT2D eigenvalue weighted by Gasteiger charge is -2.21. The second-order valence-electron chi connectivity index (χ2n) is 10.8. The van der Waals surface area contributed by atoms with Gasteiger partial charge in [-0.05, 0) is 34.4 Å². The SMILES string of the molecule is Clc1c(Nc2c(-c3ccccc3)cccc2-c2ccccc2)cccc1Nc1c(-c2ccccc2)cccc1-c1ccccc1. The highest BCUT2D eigenvalue weighted by atomic mass is 35.5. The van der Waals surface area contributed by atoms with Gasteiger partial charge in [0, 0.05) is 22.3 Å². The standard InChI is InChI=1S/C42H31ClN2/c43-40-38(44-41-34(30-16-5-1-6-17-30)24-13-25-35(41)31-18-7-2-8-19-31)28-15-29-39(40)45-42-36(32-20-9-3-10-21-32)26-14-27-37(42)33-22-11-4-12-23-33/h1-29,44-45H. The fourth-order valence-corrected chi connectivity index (χ4v) is 6.02. The van der Waals surface area contributed by atoms with Gasteiger partial charge in [-0.15, -0.1) is 0 Å². The Morgan fingerprint density at radius 3 is 0.844 bits per heavy atom. The normalized spacial score (nSPS) is 10.8. The molecule has 0 aliphatic carbocycles. The van der Waals surface area contributed by atoms with Crippen LogP contribution in [-0.2, 0) is 0 Å². The molecule has 7 aromatic rings. The highest BCUT2D eigenvalue weighted by Crippen LogP contribution is 2.44. The molecular weight excluding hydrogens is 568 g/mol. The molecule has 0 radical (unpaired) electrons. The van der Waals surface area contributed by atoms with E-state index in [0.29, 0.717) is 5.02 Å². The van der Waals surface area contributed by atoms with E-state index in [0.717, 1.165) is 67.3 Å². The van der Waals surface area contributed by atoms with Gasteiger partial charge < -0.3 is 10.6 Å². The summed E-state index contributed by atoms with van der Waals surface area (Å²) in [6.45, 7) is 0. The Labute approximate surface area is 269 Å². The molecule has 0 bridgehead atoms. The van der Waals surface area contributed by atoms with Gasteiger partial charge in [0.05, 0.1) is 27.8 Å². The van der Waals surface area contributed by atoms with Crippen molar-refractivity contribution < 1.29 is 0 Å². The molecular formula is C42H31ClN2. The van der Waals surface area contributed by atoms with E-state index in [1.54, 1.807) is 0 Å². The van der Waals surface area contributed by atoms with Crippen molar-refractivity contribution >= 4 is 34.4 Å². The van der Waals surface area contributed by atoms with E-state index in [2.05, 4.69) is 144 Å². The maximum absolute atomic E-state index is 7.28. The monoisotopic (exact) mass is 598 g/mol. The summed E-state index contributed by atoms with van der Waals surface area (Å²) in [6.07, 6.45) is 0. The Bertz CT molecular complexity index is 1780. The van der Waals surface area contributed by atoms with Crippen LogP contribution in [-0.4, -0.2) is 0 Å². The van der Waals surface area contributed by atoms with E-state index >= 15 is 0 Å². The maximum atomic E-state index is 7.28. The lowest BCUT2D eigenvalue weighted by molar-refractivity contribution is 1.49. The largest absolute Gasteiger partial charge is 0.353 e. The van der Waals surface area contributed by atoms with Crippen molar-refractivity contribution in [2.24, 2.45) is 0 Å². The number of nitrogens with one attached hydrogen (secondary N) is 2. The van der Waals surface area contributed by atoms with Crippen molar-refractivity contribution in [1.82, 2.24) is 0 Å². The smallest absolute Gasteiger partial charge is 0.0875 e. The van der Waals surface area contributed by atoms with Crippen molar-refractivity contribution in [3.63, 3.8) is 0 Å². The lowest BCUT2D eigenvalue weighted by Crippen LogP contribution is -2.01. The van der Waals surface area contributed by atoms with Gasteiger partial charge in [0.15, 0.2) is 0 Å². The molecule has 2 nitrogen and oxygen atoms in total. The van der Waals surface area contributed by atoms with Gasteiger partial charge in [0.2, 0.25) is 0 Å². The molecule has 0 amide bonds. The molecule has 0 atom stereocenters. The summed E-state index contributed by atoms with van der Waals surface area (Å²) in [5.74, 6) is 0. The van der Waals surface area contributed by atoms with E-state index in [1.165, 1.54) is 0 Å². The zero-order chi connectivity index (χ0) is 30.4. The number of rotatable bonds is 8. The van der Waals surface area contributed by atoms with E-state index in [9.17, 15) is 0 Å². The average molecular weight is 599 g/mol. The molecule has 0 saturated carbocycles. The number of hydrogen-bond donors (Lipinski definition) is 2. The van der Waals surface area contributed by atoms with Crippen LogP contribution in [0.4, 0.5) is 22.7 Å². The highest BCUT2D eigenvalue weighted by Gasteiger charge is 2.17. The van der Waals surface area contributed by atoms with Gasteiger partial charge in [0.1, 0.15) is 0 Å². The number of para-hydroxylation sites is 2. The molecule has 7 aromatic carbocycles. The molecule has 0 spiro atoms. The molecule has 0 heterocycles. The Morgan fingerprint density at radius 2 is 0.556 bits per heavy atom. The first kappa shape index (κ1) is 28.2. The summed E-state index contributed by atoms with van der Waals surface area (Å²) in [6, 6.07) is 60.8. The fourth-order valence-electron chi connectivity index (χ4n) is 5.80. The summed E-state index contributed by atoms with van der Waals surface area (Å²) in [5.41, 5.74) is 12.6. The maximum Gasteiger partial charge on any atom is 0.0875 e. The van der Waals surface area contributed by atoms with Gasteiger partial charge in [0.25, 0.3) is 0 Å². The van der Waals surface area contributed by atoms with E-state index in [1.807, 2.05) is 42.5 Å². The van der Waals surface area contributed by atoms with E-state index in [-0.39, 0.29) is 0 Å². The van der Waals surface area contributed by atoms with Crippen molar-refractivity contribution in [2.75, 3.05) is 10.6 Å². The van der Waals surface area contributed by atoms with Gasteiger partial charge >= 0.3 is 0 Å². The zero-order valence-corrected chi connectivity index (χ0v) is 25.4. The van der Waals surface area contributed by atoms with Crippen molar-refractivity contribution in [1.29, 1.82) is 0 Å². The van der Waals surface area contributed by atoms with Gasteiger partial charge in [-0.1, -0.05) is 175 Å². The van der Waals surface area contributed by atoms with Crippen LogP contribution in [0.25, 0.3) is 44.5 Å². The predicted molar refractivity (Wildman–Crippen MR) is 193 cm³/mol. The predicted octanol–water partition coefficient (Wildman–Crippen LogP) is 12.5. The molecule has 2 N–H and O–H groups in total. The number of hydrogen-bond acceptors (Lipinski definition) is 2. The van der Waals surface area contributed by atoms with Gasteiger partial charge in [-0.2, -0.15) is 0 Å². The molecule has 0 fully saturated rings. The van der Waals surface area contributed by atoms with Crippen LogP contribution in [0.1, 0.15) is 0 Å². The number of benzene rings is 7. The Morgan fingerprint density at radius 1 is 0.289 bits per heavy atom. The van der Waals surface area contributed by atoms with Crippen LogP contribution in [0.15, 0.2) is 176 Å². The topological polar surface area (TPSA) is 24.1 Å². The van der Waals surface area contributed by atoms with Crippen LogP contribution in [0.5, 0.6) is 0 Å². The van der Waals surface area contributed by atoms with Crippen molar-refractivity contribution in [3.05, 3.63) is 181 Å². The second-order valence-corrected chi connectivity index (χ2v) is 11.2. The van der Waals surface area contributed by atoms with Gasteiger partial charge in [-0.25, -0.2) is 0 Å². The molecule has 0 saturated heterocycles. The minimum atomic E-state index is 0.612. The molecule has 216 valence electrons. The molecule has 0 aliphatic heterocycles. The minimum Gasteiger partial charge on any atom is -0.353 e. The first-order chi connectivity index (χ1) is 22.3. The van der Waals surface area contributed by atoms with Gasteiger partial charge in [-0.3, -0.25) is 0 Å². The van der Waals surface area contributed by atoms with E-state index in [4.69, 9.17) is 11.6 Å². The quantitative estimate of drug-likeness (QED) is 0.182. The zero-order valence-electron chi connectivity index (χ0n) is 24.6. The number of anilines is 4. The summed E-state index contributed by atoms with van der Waals surface area (Å²) in [7, 11) is 0. The Balaban J connectivity index is 1.34. The van der Waals surface area contributed by atoms with Crippen molar-refractivity contribution in [2.45, 2.75) is 0 Å².